The maximum absolute atomic E-state index is 11.5. The predicted octanol–water partition coefficient (Wildman–Crippen LogP) is 5.81. The van der Waals surface area contributed by atoms with E-state index in [1.807, 2.05) is 79.0 Å². The van der Waals surface area contributed by atoms with Crippen LogP contribution in [0.4, 0.5) is 0 Å². The number of fused-ring (bicyclic) bond motifs is 1. The number of hydrogen-bond donors (Lipinski definition) is 1. The molecular weight excluding hydrogens is 388 g/mol. The summed E-state index contributed by atoms with van der Waals surface area (Å²) in [4.78, 5) is 14.4. The van der Waals surface area contributed by atoms with Crippen LogP contribution in [0.2, 0.25) is 5.02 Å². The number of nitrogens with zero attached hydrogens (tertiary/aromatic N) is 1. The van der Waals surface area contributed by atoms with Crippen molar-refractivity contribution in [1.82, 2.24) is 4.98 Å². The molecule has 0 saturated carbocycles. The molecule has 1 heterocycles. The second-order valence-corrected chi connectivity index (χ2v) is 7.25. The van der Waals surface area contributed by atoms with Gasteiger partial charge in [-0.2, -0.15) is 0 Å². The Morgan fingerprint density at radius 1 is 0.966 bits per heavy atom. The zero-order chi connectivity index (χ0) is 20.2. The number of H-pyrrole nitrogens is 1. The van der Waals surface area contributed by atoms with Crippen molar-refractivity contribution in [2.75, 3.05) is 6.54 Å². The Bertz CT molecular complexity index is 1140. The van der Waals surface area contributed by atoms with Crippen molar-refractivity contribution in [2.45, 2.75) is 12.5 Å². The molecular formula is C23H19ClN2O3. The zero-order valence-corrected chi connectivity index (χ0v) is 16.3. The van der Waals surface area contributed by atoms with Crippen LogP contribution in [0.5, 0.6) is 5.75 Å². The summed E-state index contributed by atoms with van der Waals surface area (Å²) in [5.41, 5.74) is 3.61. The molecule has 1 N–H and O–H groups in total. The lowest BCUT2D eigenvalue weighted by Gasteiger charge is -2.18. The van der Waals surface area contributed by atoms with E-state index < -0.39 is 5.92 Å². The van der Waals surface area contributed by atoms with Gasteiger partial charge < -0.3 is 9.72 Å². The monoisotopic (exact) mass is 406 g/mol. The SMILES string of the molecule is O=[N+]([O-])C[C@H](c1ccccc1OCc1ccc(Cl)cc1)c1c[nH]c2ccccc12. The lowest BCUT2D eigenvalue weighted by Crippen LogP contribution is -2.15. The molecule has 146 valence electrons. The molecule has 0 aliphatic carbocycles. The topological polar surface area (TPSA) is 68.2 Å². The van der Waals surface area contributed by atoms with Gasteiger partial charge in [-0.15, -0.1) is 0 Å². The summed E-state index contributed by atoms with van der Waals surface area (Å²) in [6, 6.07) is 22.8. The minimum Gasteiger partial charge on any atom is -0.489 e. The van der Waals surface area contributed by atoms with Gasteiger partial charge in [0, 0.05) is 32.6 Å². The van der Waals surface area contributed by atoms with Gasteiger partial charge in [0.25, 0.3) is 0 Å². The van der Waals surface area contributed by atoms with Crippen LogP contribution in [0.1, 0.15) is 22.6 Å². The van der Waals surface area contributed by atoms with Crippen LogP contribution in [-0.2, 0) is 6.61 Å². The number of rotatable bonds is 7. The Balaban J connectivity index is 1.70. The molecule has 0 bridgehead atoms. The molecule has 0 saturated heterocycles. The van der Waals surface area contributed by atoms with Gasteiger partial charge >= 0.3 is 0 Å². The molecule has 4 aromatic rings. The van der Waals surface area contributed by atoms with Crippen molar-refractivity contribution in [1.29, 1.82) is 0 Å². The number of hydrogen-bond acceptors (Lipinski definition) is 3. The normalized spacial score (nSPS) is 12.0. The van der Waals surface area contributed by atoms with Crippen molar-refractivity contribution in [3.05, 3.63) is 111 Å². The van der Waals surface area contributed by atoms with Crippen LogP contribution in [0.25, 0.3) is 10.9 Å². The van der Waals surface area contributed by atoms with Crippen LogP contribution >= 0.6 is 11.6 Å². The largest absolute Gasteiger partial charge is 0.489 e. The lowest BCUT2D eigenvalue weighted by atomic mass is 9.90. The third kappa shape index (κ3) is 4.25. The number of aromatic amines is 1. The summed E-state index contributed by atoms with van der Waals surface area (Å²) in [6.07, 6.45) is 1.86. The van der Waals surface area contributed by atoms with E-state index in [1.165, 1.54) is 0 Å². The number of benzene rings is 3. The Morgan fingerprint density at radius 2 is 1.69 bits per heavy atom. The van der Waals surface area contributed by atoms with Crippen molar-refractivity contribution in [2.24, 2.45) is 0 Å². The average molecular weight is 407 g/mol. The fraction of sp³-hybridized carbons (Fsp3) is 0.130. The highest BCUT2D eigenvalue weighted by Crippen LogP contribution is 2.36. The molecule has 5 nitrogen and oxygen atoms in total. The van der Waals surface area contributed by atoms with Crippen LogP contribution in [0.15, 0.2) is 79.0 Å². The van der Waals surface area contributed by atoms with E-state index in [-0.39, 0.29) is 11.5 Å². The van der Waals surface area contributed by atoms with Gasteiger partial charge in [0.05, 0.1) is 5.92 Å². The van der Waals surface area contributed by atoms with Crippen LogP contribution in [-0.4, -0.2) is 16.5 Å². The second kappa shape index (κ2) is 8.37. The van der Waals surface area contributed by atoms with Crippen molar-refractivity contribution >= 4 is 22.5 Å². The first-order valence-electron chi connectivity index (χ1n) is 9.26. The molecule has 0 unspecified atom stereocenters. The number of nitrogens with one attached hydrogen (secondary N) is 1. The molecule has 1 aromatic heterocycles. The van der Waals surface area contributed by atoms with Gasteiger partial charge in [-0.1, -0.05) is 60.1 Å². The molecule has 0 radical (unpaired) electrons. The zero-order valence-electron chi connectivity index (χ0n) is 15.5. The smallest absolute Gasteiger partial charge is 0.214 e. The Labute approximate surface area is 173 Å². The maximum Gasteiger partial charge on any atom is 0.214 e. The molecule has 29 heavy (non-hydrogen) atoms. The minimum absolute atomic E-state index is 0.219. The third-order valence-electron chi connectivity index (χ3n) is 4.93. The van der Waals surface area contributed by atoms with E-state index in [1.54, 1.807) is 0 Å². The molecule has 0 spiro atoms. The molecule has 3 aromatic carbocycles. The van der Waals surface area contributed by atoms with Crippen molar-refractivity contribution in [3.8, 4) is 5.75 Å². The van der Waals surface area contributed by atoms with Gasteiger partial charge in [0.2, 0.25) is 6.54 Å². The standard InChI is InChI=1S/C23H19ClN2O3/c24-17-11-9-16(10-12-17)15-29-23-8-4-2-6-19(23)21(14-26(27)28)20-13-25-22-7-3-1-5-18(20)22/h1-13,21,25H,14-15H2/t21-/m1/s1. The van der Waals surface area contributed by atoms with E-state index in [2.05, 4.69) is 4.98 Å². The molecule has 0 amide bonds. The summed E-state index contributed by atoms with van der Waals surface area (Å²) in [5.74, 6) is 0.210. The number of para-hydroxylation sites is 2. The Morgan fingerprint density at radius 3 is 2.48 bits per heavy atom. The summed E-state index contributed by atoms with van der Waals surface area (Å²) >= 11 is 5.94. The number of aromatic nitrogens is 1. The first-order chi connectivity index (χ1) is 14.1. The van der Waals surface area contributed by atoms with E-state index in [4.69, 9.17) is 16.3 Å². The van der Waals surface area contributed by atoms with Crippen molar-refractivity contribution in [3.63, 3.8) is 0 Å². The fourth-order valence-corrected chi connectivity index (χ4v) is 3.66. The summed E-state index contributed by atoms with van der Waals surface area (Å²) in [6.45, 7) is 0.135. The van der Waals surface area contributed by atoms with Gasteiger partial charge in [-0.05, 0) is 35.4 Å². The number of halogens is 1. The molecule has 6 heteroatoms. The molecule has 1 atom stereocenters. The van der Waals surface area contributed by atoms with Crippen LogP contribution in [0.3, 0.4) is 0 Å². The average Bonchev–Trinajstić information content (AvgIpc) is 3.16. The first kappa shape index (κ1) is 19.0. The Hall–Kier alpha value is -3.31. The number of nitro groups is 1. The van der Waals surface area contributed by atoms with E-state index >= 15 is 0 Å². The van der Waals surface area contributed by atoms with Crippen LogP contribution < -0.4 is 4.74 Å². The van der Waals surface area contributed by atoms with E-state index in [9.17, 15) is 10.1 Å². The fourth-order valence-electron chi connectivity index (χ4n) is 3.54. The minimum atomic E-state index is -0.428. The molecule has 0 fully saturated rings. The first-order valence-corrected chi connectivity index (χ1v) is 9.63. The van der Waals surface area contributed by atoms with Gasteiger partial charge in [0.15, 0.2) is 0 Å². The quantitative estimate of drug-likeness (QED) is 0.311. The summed E-state index contributed by atoms with van der Waals surface area (Å²) in [7, 11) is 0. The highest BCUT2D eigenvalue weighted by molar-refractivity contribution is 6.30. The third-order valence-corrected chi connectivity index (χ3v) is 5.18. The Kier molecular flexibility index (Phi) is 5.49. The van der Waals surface area contributed by atoms with E-state index in [0.717, 1.165) is 27.6 Å². The maximum atomic E-state index is 11.5. The molecule has 0 aliphatic heterocycles. The van der Waals surface area contributed by atoms with Gasteiger partial charge in [0.1, 0.15) is 12.4 Å². The lowest BCUT2D eigenvalue weighted by molar-refractivity contribution is -0.481. The van der Waals surface area contributed by atoms with Crippen LogP contribution in [0, 0.1) is 10.1 Å². The summed E-state index contributed by atoms with van der Waals surface area (Å²) < 4.78 is 6.06. The number of ether oxygens (including phenoxy) is 1. The highest BCUT2D eigenvalue weighted by atomic mass is 35.5. The second-order valence-electron chi connectivity index (χ2n) is 6.81. The van der Waals surface area contributed by atoms with E-state index in [0.29, 0.717) is 17.4 Å². The summed E-state index contributed by atoms with van der Waals surface area (Å²) in [5, 5.41) is 13.1. The highest BCUT2D eigenvalue weighted by Gasteiger charge is 2.26. The molecule has 4 rings (SSSR count). The van der Waals surface area contributed by atoms with Gasteiger partial charge in [-0.3, -0.25) is 10.1 Å². The van der Waals surface area contributed by atoms with Gasteiger partial charge in [-0.25, -0.2) is 0 Å². The van der Waals surface area contributed by atoms with Crippen molar-refractivity contribution < 1.29 is 9.66 Å². The predicted molar refractivity (Wildman–Crippen MR) is 114 cm³/mol. The molecule has 0 aliphatic rings.